The predicted molar refractivity (Wildman–Crippen MR) is 155 cm³/mol. The summed E-state index contributed by atoms with van der Waals surface area (Å²) in [6.07, 6.45) is 5.39. The lowest BCUT2D eigenvalue weighted by molar-refractivity contribution is 0.134. The smallest absolute Gasteiger partial charge is 0.166 e. The minimum absolute atomic E-state index is 0. The molecule has 0 fully saturated rings. The van der Waals surface area contributed by atoms with E-state index in [1.165, 1.54) is 16.7 Å². The summed E-state index contributed by atoms with van der Waals surface area (Å²) in [6, 6.07) is 14.7. The molecule has 5 rings (SSSR count). The number of hydrogen-bond acceptors (Lipinski definition) is 5. The van der Waals surface area contributed by atoms with Crippen LogP contribution in [0.5, 0.6) is 11.5 Å². The molecule has 0 aliphatic carbocycles. The molecule has 1 aromatic heterocycles. The van der Waals surface area contributed by atoms with Crippen LogP contribution in [0.25, 0.3) is 0 Å². The maximum atomic E-state index is 6.33. The number of hydrogen-bond donors (Lipinski definition) is 1. The number of aromatic nitrogens is 1. The van der Waals surface area contributed by atoms with Crippen LogP contribution in [0.15, 0.2) is 59.9 Å². The highest BCUT2D eigenvalue weighted by atomic mass is 35.5. The molecule has 36 heavy (non-hydrogen) atoms. The molecule has 0 saturated carbocycles. The Labute approximate surface area is 232 Å². The van der Waals surface area contributed by atoms with Gasteiger partial charge in [0.25, 0.3) is 0 Å². The molecule has 1 N–H and O–H groups in total. The largest absolute Gasteiger partial charge is 0.493 e. The standard InChI is InChI=1S/C28H31N3O2.3ClH/c1-27(2)14-20-13-23(32-5)26-22(15-28(3,4)33-26)24(20)25(31-27)19-9-6-10-21(12-19)30-17-18-8-7-11-29-16-18;;;/h6-13,16,30H,14-15,17H2,1-5H3;3*1H. The van der Waals surface area contributed by atoms with Crippen LogP contribution in [0, 0.1) is 0 Å². The number of nitrogens with one attached hydrogen (secondary N) is 1. The van der Waals surface area contributed by atoms with Crippen molar-refractivity contribution in [1.29, 1.82) is 0 Å². The highest BCUT2D eigenvalue weighted by Crippen LogP contribution is 2.47. The highest BCUT2D eigenvalue weighted by Gasteiger charge is 2.39. The van der Waals surface area contributed by atoms with E-state index in [2.05, 4.69) is 74.4 Å². The summed E-state index contributed by atoms with van der Waals surface area (Å²) in [6.45, 7) is 9.37. The van der Waals surface area contributed by atoms with Gasteiger partial charge in [-0.05, 0) is 69.5 Å². The lowest BCUT2D eigenvalue weighted by atomic mass is 9.81. The summed E-state index contributed by atoms with van der Waals surface area (Å²) in [5.41, 5.74) is 7.57. The summed E-state index contributed by atoms with van der Waals surface area (Å²) in [5, 5.41) is 3.53. The van der Waals surface area contributed by atoms with E-state index in [4.69, 9.17) is 14.5 Å². The molecular weight excluding hydrogens is 517 g/mol. The number of pyridine rings is 1. The number of fused-ring (bicyclic) bond motifs is 3. The van der Waals surface area contributed by atoms with E-state index in [0.717, 1.165) is 53.4 Å². The average molecular weight is 551 g/mol. The molecule has 5 nitrogen and oxygen atoms in total. The summed E-state index contributed by atoms with van der Waals surface area (Å²) < 4.78 is 12.1. The van der Waals surface area contributed by atoms with Crippen molar-refractivity contribution in [3.63, 3.8) is 0 Å². The van der Waals surface area contributed by atoms with Gasteiger partial charge in [-0.1, -0.05) is 18.2 Å². The number of halogens is 3. The molecule has 3 aromatic rings. The summed E-state index contributed by atoms with van der Waals surface area (Å²) in [5.74, 6) is 1.68. The first-order valence-electron chi connectivity index (χ1n) is 11.5. The van der Waals surface area contributed by atoms with Gasteiger partial charge >= 0.3 is 0 Å². The molecule has 2 aliphatic heterocycles. The predicted octanol–water partition coefficient (Wildman–Crippen LogP) is 6.85. The quantitative estimate of drug-likeness (QED) is 0.377. The first-order valence-corrected chi connectivity index (χ1v) is 11.5. The van der Waals surface area contributed by atoms with Gasteiger partial charge in [0.15, 0.2) is 11.5 Å². The third-order valence-electron chi connectivity index (χ3n) is 6.26. The number of rotatable bonds is 5. The van der Waals surface area contributed by atoms with Crippen molar-refractivity contribution in [3.8, 4) is 11.5 Å². The number of ether oxygens (including phenoxy) is 2. The van der Waals surface area contributed by atoms with Gasteiger partial charge in [0.05, 0.1) is 18.4 Å². The van der Waals surface area contributed by atoms with Gasteiger partial charge in [0.2, 0.25) is 0 Å². The summed E-state index contributed by atoms with van der Waals surface area (Å²) in [4.78, 5) is 9.46. The fourth-order valence-electron chi connectivity index (χ4n) is 4.91. The molecule has 0 unspecified atom stereocenters. The van der Waals surface area contributed by atoms with Crippen LogP contribution in [-0.4, -0.2) is 28.9 Å². The van der Waals surface area contributed by atoms with Gasteiger partial charge in [-0.15, -0.1) is 37.2 Å². The monoisotopic (exact) mass is 549 g/mol. The van der Waals surface area contributed by atoms with Crippen molar-refractivity contribution >= 4 is 48.6 Å². The van der Waals surface area contributed by atoms with Crippen molar-refractivity contribution in [2.45, 2.75) is 58.2 Å². The molecule has 3 heterocycles. The van der Waals surface area contributed by atoms with E-state index in [-0.39, 0.29) is 48.4 Å². The van der Waals surface area contributed by atoms with Crippen molar-refractivity contribution in [2.75, 3.05) is 12.4 Å². The Morgan fingerprint density at radius 1 is 1.00 bits per heavy atom. The first-order chi connectivity index (χ1) is 15.7. The zero-order valence-electron chi connectivity index (χ0n) is 21.3. The van der Waals surface area contributed by atoms with E-state index in [1.807, 2.05) is 12.3 Å². The fourth-order valence-corrected chi connectivity index (χ4v) is 4.91. The Bertz CT molecular complexity index is 1240. The number of nitrogens with zero attached hydrogens (tertiary/aromatic N) is 2. The fraction of sp³-hybridized carbons (Fsp3) is 0.357. The van der Waals surface area contributed by atoms with E-state index in [0.29, 0.717) is 0 Å². The van der Waals surface area contributed by atoms with E-state index in [9.17, 15) is 0 Å². The minimum Gasteiger partial charge on any atom is -0.493 e. The van der Waals surface area contributed by atoms with Crippen molar-refractivity contribution in [3.05, 3.63) is 82.7 Å². The maximum Gasteiger partial charge on any atom is 0.166 e. The Hall–Kier alpha value is -2.47. The van der Waals surface area contributed by atoms with E-state index >= 15 is 0 Å². The molecule has 0 radical (unpaired) electrons. The van der Waals surface area contributed by atoms with Gasteiger partial charge in [-0.25, -0.2) is 0 Å². The van der Waals surface area contributed by atoms with Crippen LogP contribution in [0.1, 0.15) is 55.5 Å². The maximum absolute atomic E-state index is 6.33. The van der Waals surface area contributed by atoms with Gasteiger partial charge < -0.3 is 14.8 Å². The average Bonchev–Trinajstić information content (AvgIpc) is 3.11. The lowest BCUT2D eigenvalue weighted by Gasteiger charge is -2.31. The Morgan fingerprint density at radius 3 is 2.47 bits per heavy atom. The molecule has 0 saturated heterocycles. The molecule has 8 heteroatoms. The van der Waals surface area contributed by atoms with E-state index < -0.39 is 0 Å². The number of methoxy groups -OCH3 is 1. The molecule has 2 aliphatic rings. The van der Waals surface area contributed by atoms with Gasteiger partial charge in [0, 0.05) is 47.7 Å². The lowest BCUT2D eigenvalue weighted by Crippen LogP contribution is -2.30. The van der Waals surface area contributed by atoms with Crippen LogP contribution in [0.3, 0.4) is 0 Å². The van der Waals surface area contributed by atoms with Crippen LogP contribution in [0.2, 0.25) is 0 Å². The molecule has 2 aromatic carbocycles. The third kappa shape index (κ3) is 5.91. The molecule has 0 bridgehead atoms. The van der Waals surface area contributed by atoms with Gasteiger partial charge in [-0.3, -0.25) is 9.98 Å². The van der Waals surface area contributed by atoms with Crippen LogP contribution < -0.4 is 14.8 Å². The summed E-state index contributed by atoms with van der Waals surface area (Å²) >= 11 is 0. The topological polar surface area (TPSA) is 55.7 Å². The van der Waals surface area contributed by atoms with Crippen LogP contribution in [-0.2, 0) is 19.4 Å². The van der Waals surface area contributed by atoms with Crippen LogP contribution >= 0.6 is 37.2 Å². The third-order valence-corrected chi connectivity index (χ3v) is 6.26. The first kappa shape index (κ1) is 29.8. The van der Waals surface area contributed by atoms with E-state index in [1.54, 1.807) is 13.3 Å². The second kappa shape index (κ2) is 11.3. The number of anilines is 1. The van der Waals surface area contributed by atoms with Crippen LogP contribution in [0.4, 0.5) is 5.69 Å². The second-order valence-electron chi connectivity index (χ2n) is 10.2. The Balaban J connectivity index is 0.00000152. The Morgan fingerprint density at radius 2 is 1.78 bits per heavy atom. The van der Waals surface area contributed by atoms with Crippen molar-refractivity contribution in [2.24, 2.45) is 4.99 Å². The van der Waals surface area contributed by atoms with Gasteiger partial charge in [0.1, 0.15) is 5.60 Å². The number of aliphatic imine (C=N–C) groups is 1. The second-order valence-corrected chi connectivity index (χ2v) is 10.2. The molecule has 0 amide bonds. The van der Waals surface area contributed by atoms with Crippen molar-refractivity contribution in [1.82, 2.24) is 4.98 Å². The zero-order chi connectivity index (χ0) is 23.2. The highest BCUT2D eigenvalue weighted by molar-refractivity contribution is 6.16. The SMILES string of the molecule is COc1cc2c(c3c1OC(C)(C)C3)C(c1cccc(NCc3cccnc3)c1)=NC(C)(C)C2.Cl.Cl.Cl. The molecule has 194 valence electrons. The summed E-state index contributed by atoms with van der Waals surface area (Å²) in [7, 11) is 1.72. The van der Waals surface area contributed by atoms with Gasteiger partial charge in [-0.2, -0.15) is 0 Å². The molecule has 0 spiro atoms. The molecular formula is C28H34Cl3N3O2. The zero-order valence-corrected chi connectivity index (χ0v) is 23.7. The number of benzene rings is 2. The molecule has 0 atom stereocenters. The normalized spacial score (nSPS) is 16.0. The van der Waals surface area contributed by atoms with Crippen molar-refractivity contribution < 1.29 is 9.47 Å². The minimum atomic E-state index is -0.268. The Kier molecular flexibility index (Phi) is 9.33.